The molecular weight excluding hydrogens is 447 g/mol. The Balaban J connectivity index is 0.000000509. The van der Waals surface area contributed by atoms with Crippen LogP contribution >= 0.6 is 0 Å². The molecule has 4 N–H and O–H groups in total. The molecule has 1 saturated heterocycles. The number of benzene rings is 1. The SMILES string of the molecule is C=CC(=O)CCC.CCC(=N)c1c(N2CC(N)C2)ccnc1Nc1ccc(OC(F)(F)F)cc1. The van der Waals surface area contributed by atoms with Gasteiger partial charge in [-0.25, -0.2) is 4.98 Å². The largest absolute Gasteiger partial charge is 0.573 e. The first-order valence-electron chi connectivity index (χ1n) is 10.9. The monoisotopic (exact) mass is 477 g/mol. The number of rotatable bonds is 9. The number of carbonyl (C=O) groups is 1. The van der Waals surface area contributed by atoms with Crippen LogP contribution < -0.4 is 20.7 Å². The van der Waals surface area contributed by atoms with Gasteiger partial charge in [-0.05, 0) is 49.2 Å². The number of ketones is 1. The second-order valence-electron chi connectivity index (χ2n) is 7.67. The number of halogens is 3. The number of nitrogens with one attached hydrogen (secondary N) is 2. The van der Waals surface area contributed by atoms with Crippen LogP contribution in [0.25, 0.3) is 0 Å². The maximum absolute atomic E-state index is 12.3. The first-order chi connectivity index (χ1) is 16.1. The van der Waals surface area contributed by atoms with E-state index in [0.717, 1.165) is 12.1 Å². The van der Waals surface area contributed by atoms with Gasteiger partial charge in [0.2, 0.25) is 0 Å². The molecule has 3 rings (SSSR count). The number of alkyl halides is 3. The summed E-state index contributed by atoms with van der Waals surface area (Å²) in [5.74, 6) is 0.317. The van der Waals surface area contributed by atoms with E-state index in [1.54, 1.807) is 6.20 Å². The Morgan fingerprint density at radius 3 is 2.41 bits per heavy atom. The van der Waals surface area contributed by atoms with Crippen molar-refractivity contribution in [3.05, 3.63) is 54.7 Å². The van der Waals surface area contributed by atoms with E-state index in [9.17, 15) is 18.0 Å². The third-order valence-electron chi connectivity index (χ3n) is 4.91. The van der Waals surface area contributed by atoms with Gasteiger partial charge in [-0.15, -0.1) is 13.2 Å². The van der Waals surface area contributed by atoms with Crippen molar-refractivity contribution >= 4 is 28.7 Å². The Kier molecular flexibility index (Phi) is 9.61. The molecule has 1 aliphatic heterocycles. The highest BCUT2D eigenvalue weighted by Crippen LogP contribution is 2.32. The lowest BCUT2D eigenvalue weighted by atomic mass is 10.0. The minimum atomic E-state index is -4.73. The standard InChI is InChI=1S/C18H20F3N5O.C6H10O/c1-2-14(23)16-15(26-9-11(22)10-26)7-8-24-17(16)25-12-3-5-13(6-4-12)27-18(19,20)21;1-3-5-6(7)4-2/h3-8,11,23H,2,9-10,22H2,1H3,(H,24,25);4H,2-3,5H2,1H3. The predicted octanol–water partition coefficient (Wildman–Crippen LogP) is 5.19. The molecule has 1 aromatic heterocycles. The summed E-state index contributed by atoms with van der Waals surface area (Å²) in [6, 6.07) is 7.33. The van der Waals surface area contributed by atoms with E-state index < -0.39 is 6.36 Å². The molecule has 0 radical (unpaired) electrons. The van der Waals surface area contributed by atoms with Crippen LogP contribution in [0.1, 0.15) is 38.7 Å². The normalized spacial score (nSPS) is 13.3. The van der Waals surface area contributed by atoms with Gasteiger partial charge >= 0.3 is 6.36 Å². The van der Waals surface area contributed by atoms with Crippen LogP contribution in [-0.4, -0.2) is 42.0 Å². The van der Waals surface area contributed by atoms with Gasteiger partial charge in [-0.3, -0.25) is 4.79 Å². The molecule has 0 bridgehead atoms. The van der Waals surface area contributed by atoms with Crippen LogP contribution in [0.5, 0.6) is 5.75 Å². The van der Waals surface area contributed by atoms with Crippen LogP contribution in [-0.2, 0) is 4.79 Å². The van der Waals surface area contributed by atoms with Crippen molar-refractivity contribution in [2.75, 3.05) is 23.3 Å². The third-order valence-corrected chi connectivity index (χ3v) is 4.91. The Labute approximate surface area is 197 Å². The summed E-state index contributed by atoms with van der Waals surface area (Å²) < 4.78 is 40.7. The minimum absolute atomic E-state index is 0.111. The summed E-state index contributed by atoms with van der Waals surface area (Å²) in [6.07, 6.45) is 0.352. The molecule has 1 aromatic carbocycles. The summed E-state index contributed by atoms with van der Waals surface area (Å²) in [4.78, 5) is 16.7. The van der Waals surface area contributed by atoms with Crippen molar-refractivity contribution in [2.24, 2.45) is 5.73 Å². The molecule has 0 unspecified atom stereocenters. The molecule has 184 valence electrons. The molecule has 2 aromatic rings. The maximum atomic E-state index is 12.3. The lowest BCUT2D eigenvalue weighted by molar-refractivity contribution is -0.274. The molecule has 10 heteroatoms. The number of anilines is 3. The quantitative estimate of drug-likeness (QED) is 0.339. The van der Waals surface area contributed by atoms with Crippen molar-refractivity contribution in [1.82, 2.24) is 4.98 Å². The molecule has 0 spiro atoms. The zero-order chi connectivity index (χ0) is 25.3. The van der Waals surface area contributed by atoms with Gasteiger partial charge in [0.15, 0.2) is 5.78 Å². The number of allylic oxidation sites excluding steroid dienone is 1. The highest BCUT2D eigenvalue weighted by Gasteiger charge is 2.31. The molecule has 7 nitrogen and oxygen atoms in total. The van der Waals surface area contributed by atoms with Crippen LogP contribution in [0.2, 0.25) is 0 Å². The molecule has 0 saturated carbocycles. The van der Waals surface area contributed by atoms with Gasteiger partial charge in [0, 0.05) is 43.1 Å². The molecule has 0 amide bonds. The Morgan fingerprint density at radius 1 is 1.29 bits per heavy atom. The van der Waals surface area contributed by atoms with Gasteiger partial charge in [0.25, 0.3) is 0 Å². The smallest absolute Gasteiger partial charge is 0.406 e. The fourth-order valence-electron chi connectivity index (χ4n) is 3.22. The molecule has 34 heavy (non-hydrogen) atoms. The average Bonchev–Trinajstić information content (AvgIpc) is 2.77. The molecule has 0 aliphatic carbocycles. The Hall–Kier alpha value is -3.40. The van der Waals surface area contributed by atoms with Gasteiger partial charge in [0.05, 0.1) is 11.3 Å². The Bertz CT molecular complexity index is 987. The van der Waals surface area contributed by atoms with Crippen molar-refractivity contribution in [2.45, 2.75) is 45.5 Å². The number of hydrogen-bond donors (Lipinski definition) is 3. The van der Waals surface area contributed by atoms with E-state index in [2.05, 4.69) is 26.5 Å². The van der Waals surface area contributed by atoms with Gasteiger partial charge in [0.1, 0.15) is 11.6 Å². The first-order valence-corrected chi connectivity index (χ1v) is 10.9. The van der Waals surface area contributed by atoms with E-state index >= 15 is 0 Å². The zero-order valence-electron chi connectivity index (χ0n) is 19.3. The van der Waals surface area contributed by atoms with Crippen molar-refractivity contribution in [3.8, 4) is 5.75 Å². The summed E-state index contributed by atoms with van der Waals surface area (Å²) in [5, 5.41) is 11.4. The number of hydrogen-bond acceptors (Lipinski definition) is 7. The number of nitrogens with two attached hydrogens (primary N) is 1. The topological polar surface area (TPSA) is 104 Å². The van der Waals surface area contributed by atoms with Crippen molar-refractivity contribution < 1.29 is 22.7 Å². The van der Waals surface area contributed by atoms with E-state index in [4.69, 9.17) is 11.1 Å². The summed E-state index contributed by atoms with van der Waals surface area (Å²) in [5.41, 5.74) is 8.36. The van der Waals surface area contributed by atoms with E-state index in [0.29, 0.717) is 48.7 Å². The van der Waals surface area contributed by atoms with Gasteiger partial charge < -0.3 is 26.1 Å². The molecule has 2 heterocycles. The molecule has 0 atom stereocenters. The van der Waals surface area contributed by atoms with Gasteiger partial charge in [-0.2, -0.15) is 0 Å². The first kappa shape index (κ1) is 26.8. The minimum Gasteiger partial charge on any atom is -0.406 e. The number of ether oxygens (including phenoxy) is 1. The fourth-order valence-corrected chi connectivity index (χ4v) is 3.22. The molecule has 1 aliphatic rings. The zero-order valence-corrected chi connectivity index (χ0v) is 19.3. The van der Waals surface area contributed by atoms with Crippen LogP contribution in [0.4, 0.5) is 30.4 Å². The average molecular weight is 478 g/mol. The second kappa shape index (κ2) is 12.2. The third kappa shape index (κ3) is 7.87. The van der Waals surface area contributed by atoms with Crippen molar-refractivity contribution in [1.29, 1.82) is 5.41 Å². The number of nitrogens with zero attached hydrogens (tertiary/aromatic N) is 2. The second-order valence-corrected chi connectivity index (χ2v) is 7.67. The lowest BCUT2D eigenvalue weighted by Crippen LogP contribution is -2.56. The highest BCUT2D eigenvalue weighted by molar-refractivity contribution is 6.07. The summed E-state index contributed by atoms with van der Waals surface area (Å²) >= 11 is 0. The number of aromatic nitrogens is 1. The predicted molar refractivity (Wildman–Crippen MR) is 128 cm³/mol. The number of carbonyl (C=O) groups excluding carboxylic acids is 1. The van der Waals surface area contributed by atoms with Crippen LogP contribution in [0.3, 0.4) is 0 Å². The van der Waals surface area contributed by atoms with Crippen LogP contribution in [0, 0.1) is 5.41 Å². The summed E-state index contributed by atoms with van der Waals surface area (Å²) in [7, 11) is 0. The fraction of sp³-hybridized carbons (Fsp3) is 0.375. The Morgan fingerprint density at radius 2 is 1.94 bits per heavy atom. The summed E-state index contributed by atoms with van der Waals surface area (Å²) in [6.45, 7) is 8.60. The highest BCUT2D eigenvalue weighted by atomic mass is 19.4. The van der Waals surface area contributed by atoms with Gasteiger partial charge in [-0.1, -0.05) is 20.4 Å². The maximum Gasteiger partial charge on any atom is 0.573 e. The molecular formula is C24H30F3N5O2. The van der Waals surface area contributed by atoms with E-state index in [1.807, 2.05) is 19.9 Å². The van der Waals surface area contributed by atoms with E-state index in [-0.39, 0.29) is 17.6 Å². The molecule has 1 fully saturated rings. The van der Waals surface area contributed by atoms with Crippen molar-refractivity contribution in [3.63, 3.8) is 0 Å². The van der Waals surface area contributed by atoms with E-state index in [1.165, 1.54) is 30.3 Å². The number of pyridine rings is 1. The van der Waals surface area contributed by atoms with Crippen LogP contribution in [0.15, 0.2) is 49.2 Å². The lowest BCUT2D eigenvalue weighted by Gasteiger charge is -2.40.